The van der Waals surface area contributed by atoms with E-state index in [1.165, 1.54) is 11.3 Å². The Hall–Kier alpha value is -2.28. The van der Waals surface area contributed by atoms with Crippen molar-refractivity contribution in [3.05, 3.63) is 46.2 Å². The molecule has 2 aliphatic heterocycles. The first-order valence-corrected chi connectivity index (χ1v) is 10.3. The maximum atomic E-state index is 12.7. The average molecular weight is 385 g/mol. The van der Waals surface area contributed by atoms with Crippen molar-refractivity contribution < 1.29 is 9.59 Å². The summed E-state index contributed by atoms with van der Waals surface area (Å²) in [6, 6.07) is 5.81. The zero-order chi connectivity index (χ0) is 18.9. The lowest BCUT2D eigenvalue weighted by atomic mass is 9.72. The first-order valence-electron chi connectivity index (χ1n) is 9.43. The number of aromatic nitrogens is 2. The number of carbonyl (C=O) groups excluding carboxylic acids is 2. The summed E-state index contributed by atoms with van der Waals surface area (Å²) < 4.78 is 0. The number of hydrogen-bond donors (Lipinski definition) is 0. The van der Waals surface area contributed by atoms with Crippen LogP contribution in [0.2, 0.25) is 0 Å². The molecule has 0 atom stereocenters. The summed E-state index contributed by atoms with van der Waals surface area (Å²) in [6.07, 6.45) is 5.18. The molecule has 2 aromatic heterocycles. The van der Waals surface area contributed by atoms with E-state index in [2.05, 4.69) is 9.97 Å². The topological polar surface area (TPSA) is 66.4 Å². The van der Waals surface area contributed by atoms with Gasteiger partial charge in [0.2, 0.25) is 5.91 Å². The fourth-order valence-corrected chi connectivity index (χ4v) is 4.95. The van der Waals surface area contributed by atoms with Gasteiger partial charge in [0.15, 0.2) is 0 Å². The molecule has 1 spiro atoms. The number of carbonyl (C=O) groups is 2. The van der Waals surface area contributed by atoms with Crippen LogP contribution < -0.4 is 0 Å². The highest BCUT2D eigenvalue weighted by Crippen LogP contribution is 2.41. The van der Waals surface area contributed by atoms with Crippen molar-refractivity contribution in [1.29, 1.82) is 0 Å². The summed E-state index contributed by atoms with van der Waals surface area (Å²) in [5.74, 6) is 0.312. The number of thiazole rings is 1. The Labute approximate surface area is 163 Å². The quantitative estimate of drug-likeness (QED) is 0.816. The molecule has 6 nitrogen and oxygen atoms in total. The molecule has 27 heavy (non-hydrogen) atoms. The van der Waals surface area contributed by atoms with Gasteiger partial charge in [-0.25, -0.2) is 4.98 Å². The Morgan fingerprint density at radius 2 is 2.04 bits per heavy atom. The van der Waals surface area contributed by atoms with E-state index in [1.807, 2.05) is 34.9 Å². The standard InChI is InChI=1S/C20H24N4O2S/c1-15-18(27-14-22-15)19(26)23-10-7-20(8-11-23)6-5-17(25)24(13-20)12-16-4-2-3-9-21-16/h2-4,9,14H,5-8,10-13H2,1H3. The second kappa shape index (κ2) is 7.38. The van der Waals surface area contributed by atoms with Crippen LogP contribution in [0.3, 0.4) is 0 Å². The van der Waals surface area contributed by atoms with Crippen LogP contribution in [-0.2, 0) is 11.3 Å². The number of aryl methyl sites for hydroxylation is 1. The smallest absolute Gasteiger partial charge is 0.265 e. The van der Waals surface area contributed by atoms with E-state index in [0.29, 0.717) is 13.0 Å². The number of nitrogens with zero attached hydrogens (tertiary/aromatic N) is 4. The summed E-state index contributed by atoms with van der Waals surface area (Å²) in [5, 5.41) is 0. The highest BCUT2D eigenvalue weighted by Gasteiger charge is 2.42. The van der Waals surface area contributed by atoms with Crippen molar-refractivity contribution >= 4 is 23.2 Å². The van der Waals surface area contributed by atoms with Crippen molar-refractivity contribution in [3.8, 4) is 0 Å². The highest BCUT2D eigenvalue weighted by molar-refractivity contribution is 7.11. The average Bonchev–Trinajstić information content (AvgIpc) is 3.12. The van der Waals surface area contributed by atoms with E-state index < -0.39 is 0 Å². The molecule has 0 radical (unpaired) electrons. The minimum Gasteiger partial charge on any atom is -0.338 e. The molecule has 4 heterocycles. The molecule has 0 saturated carbocycles. The SMILES string of the molecule is Cc1ncsc1C(=O)N1CCC2(CCC(=O)N(Cc3ccccn3)C2)CC1. The molecule has 0 unspecified atom stereocenters. The van der Waals surface area contributed by atoms with Crippen LogP contribution in [0.4, 0.5) is 0 Å². The molecule has 2 saturated heterocycles. The lowest BCUT2D eigenvalue weighted by Gasteiger charge is -2.47. The largest absolute Gasteiger partial charge is 0.338 e. The number of likely N-dealkylation sites (tertiary alicyclic amines) is 2. The summed E-state index contributed by atoms with van der Waals surface area (Å²) in [5.41, 5.74) is 3.60. The molecule has 0 N–H and O–H groups in total. The molecular formula is C20H24N4O2S. The fraction of sp³-hybridized carbons (Fsp3) is 0.500. The van der Waals surface area contributed by atoms with E-state index in [-0.39, 0.29) is 17.2 Å². The molecule has 4 rings (SSSR count). The van der Waals surface area contributed by atoms with Crippen LogP contribution in [0.5, 0.6) is 0 Å². The number of rotatable bonds is 3. The van der Waals surface area contributed by atoms with Crippen LogP contribution in [0.1, 0.15) is 46.7 Å². The number of pyridine rings is 1. The Morgan fingerprint density at radius 1 is 1.22 bits per heavy atom. The second-order valence-electron chi connectivity index (χ2n) is 7.63. The van der Waals surface area contributed by atoms with Crippen LogP contribution >= 0.6 is 11.3 Å². The van der Waals surface area contributed by atoms with Crippen LogP contribution in [0.25, 0.3) is 0 Å². The van der Waals surface area contributed by atoms with Crippen LogP contribution in [0.15, 0.2) is 29.9 Å². The monoisotopic (exact) mass is 384 g/mol. The van der Waals surface area contributed by atoms with Crippen molar-refractivity contribution in [2.45, 2.75) is 39.2 Å². The van der Waals surface area contributed by atoms with E-state index in [4.69, 9.17) is 0 Å². The molecule has 2 fully saturated rings. The van der Waals surface area contributed by atoms with Crippen LogP contribution in [0, 0.1) is 12.3 Å². The fourth-order valence-electron chi connectivity index (χ4n) is 4.18. The molecule has 2 amide bonds. The molecular weight excluding hydrogens is 360 g/mol. The summed E-state index contributed by atoms with van der Waals surface area (Å²) in [7, 11) is 0. The molecule has 7 heteroatoms. The van der Waals surface area contributed by atoms with Crippen molar-refractivity contribution in [3.63, 3.8) is 0 Å². The molecule has 0 aliphatic carbocycles. The zero-order valence-electron chi connectivity index (χ0n) is 15.6. The van der Waals surface area contributed by atoms with Gasteiger partial charge in [0.25, 0.3) is 5.91 Å². The molecule has 0 aromatic carbocycles. The van der Waals surface area contributed by atoms with E-state index in [1.54, 1.807) is 11.7 Å². The Bertz CT molecular complexity index is 828. The van der Waals surface area contributed by atoms with Gasteiger partial charge in [-0.05, 0) is 43.7 Å². The maximum absolute atomic E-state index is 12.7. The first kappa shape index (κ1) is 18.1. The summed E-state index contributed by atoms with van der Waals surface area (Å²) >= 11 is 1.42. The van der Waals surface area contributed by atoms with Gasteiger partial charge in [0.1, 0.15) is 4.88 Å². The molecule has 142 valence electrons. The Balaban J connectivity index is 1.40. The second-order valence-corrected chi connectivity index (χ2v) is 8.48. The molecule has 2 aliphatic rings. The zero-order valence-corrected chi connectivity index (χ0v) is 16.4. The molecule has 2 aromatic rings. The molecule has 0 bridgehead atoms. The van der Waals surface area contributed by atoms with E-state index >= 15 is 0 Å². The summed E-state index contributed by atoms with van der Waals surface area (Å²) in [4.78, 5) is 38.4. The number of amides is 2. The van der Waals surface area contributed by atoms with Crippen LogP contribution in [-0.4, -0.2) is 51.2 Å². The first-order chi connectivity index (χ1) is 13.1. The third kappa shape index (κ3) is 3.74. The maximum Gasteiger partial charge on any atom is 0.265 e. The van der Waals surface area contributed by atoms with E-state index in [0.717, 1.165) is 55.2 Å². The van der Waals surface area contributed by atoms with Gasteiger partial charge in [-0.1, -0.05) is 6.07 Å². The van der Waals surface area contributed by atoms with Gasteiger partial charge in [0, 0.05) is 32.3 Å². The minimum absolute atomic E-state index is 0.0991. The van der Waals surface area contributed by atoms with Crippen molar-refractivity contribution in [1.82, 2.24) is 19.8 Å². The van der Waals surface area contributed by atoms with E-state index in [9.17, 15) is 9.59 Å². The summed E-state index contributed by atoms with van der Waals surface area (Å²) in [6.45, 7) is 4.73. The lowest BCUT2D eigenvalue weighted by Crippen LogP contribution is -2.52. The number of piperidine rings is 2. The normalized spacial score (nSPS) is 19.5. The van der Waals surface area contributed by atoms with Gasteiger partial charge in [-0.15, -0.1) is 11.3 Å². The van der Waals surface area contributed by atoms with Gasteiger partial charge in [-0.2, -0.15) is 0 Å². The highest BCUT2D eigenvalue weighted by atomic mass is 32.1. The lowest BCUT2D eigenvalue weighted by molar-refractivity contribution is -0.139. The van der Waals surface area contributed by atoms with Crippen molar-refractivity contribution in [2.75, 3.05) is 19.6 Å². The van der Waals surface area contributed by atoms with Gasteiger partial charge in [-0.3, -0.25) is 14.6 Å². The Kier molecular flexibility index (Phi) is 4.95. The number of hydrogen-bond acceptors (Lipinski definition) is 5. The van der Waals surface area contributed by atoms with Gasteiger partial charge in [0.05, 0.1) is 23.4 Å². The third-order valence-electron chi connectivity index (χ3n) is 5.88. The predicted molar refractivity (Wildman–Crippen MR) is 103 cm³/mol. The third-order valence-corrected chi connectivity index (χ3v) is 6.79. The van der Waals surface area contributed by atoms with Gasteiger partial charge >= 0.3 is 0 Å². The minimum atomic E-state index is 0.0991. The van der Waals surface area contributed by atoms with Gasteiger partial charge < -0.3 is 9.80 Å². The predicted octanol–water partition coefficient (Wildman–Crippen LogP) is 2.89. The Morgan fingerprint density at radius 3 is 2.70 bits per heavy atom. The van der Waals surface area contributed by atoms with Crippen molar-refractivity contribution in [2.24, 2.45) is 5.41 Å².